The average molecular weight is 261 g/mol. The van der Waals surface area contributed by atoms with Crippen molar-refractivity contribution in [3.8, 4) is 0 Å². The van der Waals surface area contributed by atoms with Crippen molar-refractivity contribution in [2.24, 2.45) is 0 Å². The van der Waals surface area contributed by atoms with E-state index < -0.39 is 6.10 Å². The molecule has 2 aromatic rings. The smallest absolute Gasteiger partial charge is 0.0844 e. The molecule has 0 amide bonds. The number of aryl methyl sites for hydroxylation is 2. The quantitative estimate of drug-likeness (QED) is 0.876. The standard InChI is InChI=1S/C16H17ClO/c1-11-7-8-14(15(17)9-11)16(18)10-13-6-4-3-5-12(13)2/h3-9,16,18H,10H2,1-2H3. The second kappa shape index (κ2) is 5.55. The summed E-state index contributed by atoms with van der Waals surface area (Å²) in [5, 5.41) is 10.9. The Morgan fingerprint density at radius 1 is 1.11 bits per heavy atom. The second-order valence-electron chi connectivity index (χ2n) is 4.67. The molecule has 0 bridgehead atoms. The van der Waals surface area contributed by atoms with Crippen LogP contribution in [0.15, 0.2) is 42.5 Å². The summed E-state index contributed by atoms with van der Waals surface area (Å²) in [4.78, 5) is 0. The molecule has 0 aliphatic rings. The molecular weight excluding hydrogens is 244 g/mol. The van der Waals surface area contributed by atoms with Crippen molar-refractivity contribution in [2.75, 3.05) is 0 Å². The molecule has 1 nitrogen and oxygen atoms in total. The molecule has 0 saturated heterocycles. The van der Waals surface area contributed by atoms with Gasteiger partial charge >= 0.3 is 0 Å². The van der Waals surface area contributed by atoms with Gasteiger partial charge in [-0.2, -0.15) is 0 Å². The SMILES string of the molecule is Cc1ccc(C(O)Cc2ccccc2C)c(Cl)c1. The van der Waals surface area contributed by atoms with Gasteiger partial charge in [-0.05, 0) is 42.2 Å². The predicted molar refractivity (Wildman–Crippen MR) is 76.0 cm³/mol. The molecular formula is C16H17ClO. The van der Waals surface area contributed by atoms with Gasteiger partial charge in [-0.15, -0.1) is 0 Å². The molecule has 0 heterocycles. The molecule has 2 aromatic carbocycles. The Kier molecular flexibility index (Phi) is 4.05. The van der Waals surface area contributed by atoms with E-state index in [1.807, 2.05) is 43.3 Å². The van der Waals surface area contributed by atoms with E-state index in [0.717, 1.165) is 16.7 Å². The van der Waals surface area contributed by atoms with Crippen LogP contribution in [0.4, 0.5) is 0 Å². The van der Waals surface area contributed by atoms with Crippen LogP contribution in [0.1, 0.15) is 28.4 Å². The first kappa shape index (κ1) is 13.1. The highest BCUT2D eigenvalue weighted by atomic mass is 35.5. The van der Waals surface area contributed by atoms with Crippen LogP contribution in [0.3, 0.4) is 0 Å². The minimum Gasteiger partial charge on any atom is -0.388 e. The van der Waals surface area contributed by atoms with Crippen molar-refractivity contribution in [3.63, 3.8) is 0 Å². The molecule has 0 spiro atoms. The van der Waals surface area contributed by atoms with Gasteiger partial charge in [0.25, 0.3) is 0 Å². The van der Waals surface area contributed by atoms with E-state index >= 15 is 0 Å². The van der Waals surface area contributed by atoms with E-state index in [4.69, 9.17) is 11.6 Å². The summed E-state index contributed by atoms with van der Waals surface area (Å²) in [6, 6.07) is 13.9. The molecule has 1 N–H and O–H groups in total. The van der Waals surface area contributed by atoms with Gasteiger partial charge < -0.3 is 5.11 Å². The average Bonchev–Trinajstić information content (AvgIpc) is 2.32. The lowest BCUT2D eigenvalue weighted by Crippen LogP contribution is -2.04. The van der Waals surface area contributed by atoms with Crippen molar-refractivity contribution in [2.45, 2.75) is 26.4 Å². The molecule has 0 aliphatic carbocycles. The zero-order valence-electron chi connectivity index (χ0n) is 10.7. The lowest BCUT2D eigenvalue weighted by molar-refractivity contribution is 0.178. The van der Waals surface area contributed by atoms with E-state index in [9.17, 15) is 5.11 Å². The third-order valence-electron chi connectivity index (χ3n) is 3.19. The van der Waals surface area contributed by atoms with Gasteiger partial charge in [0.15, 0.2) is 0 Å². The normalized spacial score (nSPS) is 12.4. The van der Waals surface area contributed by atoms with Gasteiger partial charge in [0, 0.05) is 11.4 Å². The minimum absolute atomic E-state index is 0.556. The molecule has 94 valence electrons. The van der Waals surface area contributed by atoms with E-state index in [0.29, 0.717) is 11.4 Å². The number of aliphatic hydroxyl groups is 1. The van der Waals surface area contributed by atoms with Gasteiger partial charge in [0.2, 0.25) is 0 Å². The Morgan fingerprint density at radius 3 is 2.50 bits per heavy atom. The summed E-state index contributed by atoms with van der Waals surface area (Å²) < 4.78 is 0. The van der Waals surface area contributed by atoms with E-state index in [2.05, 4.69) is 13.0 Å². The largest absolute Gasteiger partial charge is 0.388 e. The molecule has 0 aliphatic heterocycles. The highest BCUT2D eigenvalue weighted by molar-refractivity contribution is 6.31. The van der Waals surface area contributed by atoms with Crippen LogP contribution in [0.5, 0.6) is 0 Å². The molecule has 1 unspecified atom stereocenters. The zero-order valence-corrected chi connectivity index (χ0v) is 11.4. The fraction of sp³-hybridized carbons (Fsp3) is 0.250. The van der Waals surface area contributed by atoms with Crippen molar-refractivity contribution < 1.29 is 5.11 Å². The second-order valence-corrected chi connectivity index (χ2v) is 5.08. The summed E-state index contributed by atoms with van der Waals surface area (Å²) >= 11 is 6.17. The topological polar surface area (TPSA) is 20.2 Å². The minimum atomic E-state index is -0.556. The first-order valence-electron chi connectivity index (χ1n) is 6.06. The highest BCUT2D eigenvalue weighted by Crippen LogP contribution is 2.27. The maximum Gasteiger partial charge on any atom is 0.0844 e. The fourth-order valence-electron chi connectivity index (χ4n) is 2.06. The number of hydrogen-bond donors (Lipinski definition) is 1. The maximum atomic E-state index is 10.3. The number of rotatable bonds is 3. The molecule has 2 heteroatoms. The van der Waals surface area contributed by atoms with Crippen LogP contribution >= 0.6 is 11.6 Å². The lowest BCUT2D eigenvalue weighted by Gasteiger charge is -2.14. The van der Waals surface area contributed by atoms with Crippen LogP contribution in [0.25, 0.3) is 0 Å². The summed E-state index contributed by atoms with van der Waals surface area (Å²) in [6.45, 7) is 4.04. The molecule has 0 fully saturated rings. The Bertz CT molecular complexity index is 549. The van der Waals surface area contributed by atoms with Crippen LogP contribution in [-0.4, -0.2) is 5.11 Å². The van der Waals surface area contributed by atoms with Gasteiger partial charge in [-0.3, -0.25) is 0 Å². The van der Waals surface area contributed by atoms with Crippen molar-refractivity contribution >= 4 is 11.6 Å². The van der Waals surface area contributed by atoms with E-state index in [1.165, 1.54) is 5.56 Å². The van der Waals surface area contributed by atoms with Crippen molar-refractivity contribution in [1.29, 1.82) is 0 Å². The maximum absolute atomic E-state index is 10.3. The van der Waals surface area contributed by atoms with Crippen LogP contribution < -0.4 is 0 Å². The number of benzene rings is 2. The molecule has 2 rings (SSSR count). The van der Waals surface area contributed by atoms with E-state index in [-0.39, 0.29) is 0 Å². The van der Waals surface area contributed by atoms with Crippen molar-refractivity contribution in [1.82, 2.24) is 0 Å². The number of hydrogen-bond acceptors (Lipinski definition) is 1. The summed E-state index contributed by atoms with van der Waals surface area (Å²) in [5.41, 5.74) is 4.25. The molecule has 0 radical (unpaired) electrons. The third-order valence-corrected chi connectivity index (χ3v) is 3.52. The Labute approximate surface area is 113 Å². The summed E-state index contributed by atoms with van der Waals surface area (Å²) in [6.07, 6.45) is 0.0364. The lowest BCUT2D eigenvalue weighted by atomic mass is 9.97. The zero-order chi connectivity index (χ0) is 13.1. The molecule has 0 saturated carbocycles. The first-order chi connectivity index (χ1) is 8.58. The summed E-state index contributed by atoms with van der Waals surface area (Å²) in [7, 11) is 0. The first-order valence-corrected chi connectivity index (χ1v) is 6.44. The molecule has 18 heavy (non-hydrogen) atoms. The number of halogens is 1. The van der Waals surface area contributed by atoms with Gasteiger partial charge in [-0.25, -0.2) is 0 Å². The molecule has 1 atom stereocenters. The van der Waals surface area contributed by atoms with Gasteiger partial charge in [-0.1, -0.05) is 48.0 Å². The van der Waals surface area contributed by atoms with Gasteiger partial charge in [0.05, 0.1) is 6.10 Å². The van der Waals surface area contributed by atoms with Crippen LogP contribution in [-0.2, 0) is 6.42 Å². The van der Waals surface area contributed by atoms with E-state index in [1.54, 1.807) is 0 Å². The van der Waals surface area contributed by atoms with Crippen LogP contribution in [0.2, 0.25) is 5.02 Å². The fourth-order valence-corrected chi connectivity index (χ4v) is 2.42. The third kappa shape index (κ3) is 2.92. The predicted octanol–water partition coefficient (Wildman–Crippen LogP) is 4.23. The van der Waals surface area contributed by atoms with Gasteiger partial charge in [0.1, 0.15) is 0 Å². The Morgan fingerprint density at radius 2 is 1.83 bits per heavy atom. The van der Waals surface area contributed by atoms with Crippen LogP contribution in [0, 0.1) is 13.8 Å². The Hall–Kier alpha value is -1.31. The monoisotopic (exact) mass is 260 g/mol. The molecule has 0 aromatic heterocycles. The van der Waals surface area contributed by atoms with Crippen molar-refractivity contribution in [3.05, 3.63) is 69.7 Å². The highest BCUT2D eigenvalue weighted by Gasteiger charge is 2.13. The Balaban J connectivity index is 2.22. The summed E-state index contributed by atoms with van der Waals surface area (Å²) in [5.74, 6) is 0. The number of aliphatic hydroxyl groups excluding tert-OH is 1.